The molecule has 0 saturated heterocycles. The second-order valence-corrected chi connectivity index (χ2v) is 19.4. The van der Waals surface area contributed by atoms with Crippen molar-refractivity contribution < 1.29 is 0 Å². The second-order valence-electron chi connectivity index (χ2n) is 17.2. The van der Waals surface area contributed by atoms with Gasteiger partial charge in [-0.2, -0.15) is 0 Å². The van der Waals surface area contributed by atoms with Gasteiger partial charge in [0.05, 0.1) is 0 Å². The molecule has 0 aromatic heterocycles. The fourth-order valence-corrected chi connectivity index (χ4v) is 13.0. The quantitative estimate of drug-likeness (QED) is 0.140. The SMILES string of the molecule is c1ccc(P(c2ccccc2)c2ccc3c4c(cccc24)-c2c-3c(-c3ccc(-c4ccc5ccccc5c4)cc3)c3ccccc3c2-c2ccc(-c3ccc4ccccc4c3)cc2)cc1. The van der Waals surface area contributed by atoms with Gasteiger partial charge in [0.2, 0.25) is 0 Å². The zero-order chi connectivity index (χ0) is 42.8. The van der Waals surface area contributed by atoms with E-state index in [1.807, 2.05) is 0 Å². The van der Waals surface area contributed by atoms with E-state index in [4.69, 9.17) is 0 Å². The molecule has 13 rings (SSSR count). The van der Waals surface area contributed by atoms with E-state index < -0.39 is 7.92 Å². The monoisotopic (exact) mass is 840 g/mol. The van der Waals surface area contributed by atoms with Crippen molar-refractivity contribution >= 4 is 66.9 Å². The third-order valence-corrected chi connectivity index (χ3v) is 16.1. The maximum Gasteiger partial charge on any atom is -0.000741 e. The lowest BCUT2D eigenvalue weighted by atomic mass is 9.82. The Labute approximate surface area is 380 Å². The molecular formula is C64H41P. The first-order chi connectivity index (χ1) is 32.2. The Hall–Kier alpha value is -7.89. The summed E-state index contributed by atoms with van der Waals surface area (Å²) in [7, 11) is -0.827. The summed E-state index contributed by atoms with van der Waals surface area (Å²) >= 11 is 0. The molecule has 1 aliphatic rings. The molecule has 302 valence electrons. The van der Waals surface area contributed by atoms with Gasteiger partial charge in [-0.3, -0.25) is 0 Å². The van der Waals surface area contributed by atoms with Crippen molar-refractivity contribution in [3.8, 4) is 66.8 Å². The van der Waals surface area contributed by atoms with Gasteiger partial charge in [-0.1, -0.05) is 237 Å². The first-order valence-electron chi connectivity index (χ1n) is 22.5. The molecule has 0 heterocycles. The molecule has 0 bridgehead atoms. The molecule has 0 nitrogen and oxygen atoms in total. The zero-order valence-electron chi connectivity index (χ0n) is 35.6. The first kappa shape index (κ1) is 37.6. The van der Waals surface area contributed by atoms with Gasteiger partial charge in [0, 0.05) is 0 Å². The molecule has 1 heteroatoms. The van der Waals surface area contributed by atoms with Crippen LogP contribution in [0.2, 0.25) is 0 Å². The Kier molecular flexibility index (Phi) is 8.93. The van der Waals surface area contributed by atoms with Crippen LogP contribution < -0.4 is 15.9 Å². The number of benzene rings is 12. The molecular weight excluding hydrogens is 800 g/mol. The Morgan fingerprint density at radius 3 is 1.14 bits per heavy atom. The number of hydrogen-bond acceptors (Lipinski definition) is 0. The smallest absolute Gasteiger partial charge is 0.000741 e. The molecule has 0 unspecified atom stereocenters. The summed E-state index contributed by atoms with van der Waals surface area (Å²) in [6, 6.07) is 92.7. The summed E-state index contributed by atoms with van der Waals surface area (Å²) < 4.78 is 0. The molecule has 0 radical (unpaired) electrons. The van der Waals surface area contributed by atoms with Crippen molar-refractivity contribution in [2.75, 3.05) is 0 Å². The summed E-state index contributed by atoms with van der Waals surface area (Å²) in [6.07, 6.45) is 0. The maximum atomic E-state index is 2.45. The summed E-state index contributed by atoms with van der Waals surface area (Å²) in [5.41, 5.74) is 15.2. The Bertz CT molecular complexity index is 3580. The van der Waals surface area contributed by atoms with Crippen molar-refractivity contribution in [1.82, 2.24) is 0 Å². The molecule has 65 heavy (non-hydrogen) atoms. The lowest BCUT2D eigenvalue weighted by Crippen LogP contribution is -2.21. The van der Waals surface area contributed by atoms with Crippen LogP contribution in [0.4, 0.5) is 0 Å². The van der Waals surface area contributed by atoms with Crippen LogP contribution in [0.25, 0.3) is 110 Å². The van der Waals surface area contributed by atoms with Crippen molar-refractivity contribution in [1.29, 1.82) is 0 Å². The van der Waals surface area contributed by atoms with E-state index in [0.717, 1.165) is 0 Å². The van der Waals surface area contributed by atoms with E-state index in [1.54, 1.807) is 0 Å². The van der Waals surface area contributed by atoms with Crippen molar-refractivity contribution in [2.24, 2.45) is 0 Å². The van der Waals surface area contributed by atoms with Crippen LogP contribution in [0.15, 0.2) is 249 Å². The average molecular weight is 841 g/mol. The van der Waals surface area contributed by atoms with Gasteiger partial charge >= 0.3 is 0 Å². The van der Waals surface area contributed by atoms with Gasteiger partial charge in [-0.15, -0.1) is 0 Å². The predicted octanol–water partition coefficient (Wildman–Crippen LogP) is 16.4. The minimum absolute atomic E-state index is 0.827. The van der Waals surface area contributed by atoms with Crippen LogP contribution in [0.1, 0.15) is 0 Å². The van der Waals surface area contributed by atoms with Crippen molar-refractivity contribution in [3.05, 3.63) is 249 Å². The lowest BCUT2D eigenvalue weighted by Gasteiger charge is -2.22. The largest absolute Gasteiger partial charge is 0.0622 e. The highest BCUT2D eigenvalue weighted by atomic mass is 31.1. The van der Waals surface area contributed by atoms with E-state index in [1.165, 1.54) is 126 Å². The zero-order valence-corrected chi connectivity index (χ0v) is 36.5. The van der Waals surface area contributed by atoms with Gasteiger partial charge in [-0.25, -0.2) is 0 Å². The number of hydrogen-bond donors (Lipinski definition) is 0. The first-order valence-corrected chi connectivity index (χ1v) is 23.8. The predicted molar refractivity (Wildman–Crippen MR) is 281 cm³/mol. The highest BCUT2D eigenvalue weighted by molar-refractivity contribution is 7.80. The third-order valence-electron chi connectivity index (χ3n) is 13.6. The Balaban J connectivity index is 1.05. The van der Waals surface area contributed by atoms with Crippen LogP contribution in [0.5, 0.6) is 0 Å². The standard InChI is InChI=1S/C64H41P/c1-3-18-52(19-4-1)65(53-20-5-2-6-21-53)59-39-38-58-62-56(59)24-13-25-57(62)63-60(46-32-26-44(27-33-46)50-36-30-42-14-7-9-16-48(42)40-50)54-22-11-12-23-55(54)61(64(58)63)47-34-28-45(29-35-47)51-37-31-43-15-8-10-17-49(43)41-51/h1-41H. The molecule has 0 atom stereocenters. The molecule has 0 N–H and O–H groups in total. The molecule has 12 aromatic rings. The minimum atomic E-state index is -0.827. The second kappa shape index (κ2) is 15.4. The summed E-state index contributed by atoms with van der Waals surface area (Å²) in [6.45, 7) is 0. The molecule has 0 aliphatic heterocycles. The highest BCUT2D eigenvalue weighted by Gasteiger charge is 2.32. The molecule has 0 fully saturated rings. The fourth-order valence-electron chi connectivity index (χ4n) is 10.6. The highest BCUT2D eigenvalue weighted by Crippen LogP contribution is 2.58. The normalized spacial score (nSPS) is 11.8. The molecule has 0 saturated carbocycles. The third kappa shape index (κ3) is 6.25. The van der Waals surface area contributed by atoms with Crippen LogP contribution in [0.3, 0.4) is 0 Å². The van der Waals surface area contributed by atoms with E-state index in [9.17, 15) is 0 Å². The Morgan fingerprint density at radius 1 is 0.231 bits per heavy atom. The molecule has 12 aromatic carbocycles. The lowest BCUT2D eigenvalue weighted by molar-refractivity contribution is 1.60. The Morgan fingerprint density at radius 2 is 0.631 bits per heavy atom. The van der Waals surface area contributed by atoms with Crippen molar-refractivity contribution in [2.45, 2.75) is 0 Å². The molecule has 0 amide bonds. The van der Waals surface area contributed by atoms with E-state index in [2.05, 4.69) is 249 Å². The summed E-state index contributed by atoms with van der Waals surface area (Å²) in [4.78, 5) is 0. The van der Waals surface area contributed by atoms with E-state index >= 15 is 0 Å². The van der Waals surface area contributed by atoms with Gasteiger partial charge in [0.1, 0.15) is 0 Å². The van der Waals surface area contributed by atoms with Crippen molar-refractivity contribution in [3.63, 3.8) is 0 Å². The molecule has 1 aliphatic carbocycles. The summed E-state index contributed by atoms with van der Waals surface area (Å²) in [5, 5.41) is 14.3. The minimum Gasteiger partial charge on any atom is -0.0622 e. The topological polar surface area (TPSA) is 0 Å². The van der Waals surface area contributed by atoms with E-state index in [0.29, 0.717) is 0 Å². The molecule has 0 spiro atoms. The average Bonchev–Trinajstić information content (AvgIpc) is 3.71. The maximum absolute atomic E-state index is 2.45. The van der Waals surface area contributed by atoms with Gasteiger partial charge < -0.3 is 0 Å². The van der Waals surface area contributed by atoms with E-state index in [-0.39, 0.29) is 0 Å². The number of fused-ring (bicyclic) bond motifs is 6. The van der Waals surface area contributed by atoms with Crippen LogP contribution in [-0.2, 0) is 0 Å². The fraction of sp³-hybridized carbons (Fsp3) is 0. The summed E-state index contributed by atoms with van der Waals surface area (Å²) in [5.74, 6) is 0. The van der Waals surface area contributed by atoms with Crippen LogP contribution >= 0.6 is 7.92 Å². The van der Waals surface area contributed by atoms with Gasteiger partial charge in [-0.05, 0) is 146 Å². The van der Waals surface area contributed by atoms with Crippen LogP contribution in [-0.4, -0.2) is 0 Å². The number of rotatable bonds is 7. The van der Waals surface area contributed by atoms with Gasteiger partial charge in [0.15, 0.2) is 0 Å². The van der Waals surface area contributed by atoms with Gasteiger partial charge in [0.25, 0.3) is 0 Å². The van der Waals surface area contributed by atoms with Crippen LogP contribution in [0, 0.1) is 0 Å².